The van der Waals surface area contributed by atoms with Gasteiger partial charge in [0.1, 0.15) is 5.75 Å². The lowest BCUT2D eigenvalue weighted by atomic mass is 10.2. The minimum atomic E-state index is 0.793. The molecule has 0 saturated heterocycles. The maximum atomic E-state index is 5.13. The number of anilines is 1. The second-order valence-corrected chi connectivity index (χ2v) is 4.30. The molecule has 88 valence electrons. The van der Waals surface area contributed by atoms with Crippen LogP contribution >= 0.6 is 11.3 Å². The van der Waals surface area contributed by atoms with Crippen molar-refractivity contribution in [3.8, 4) is 5.75 Å². The first-order valence-corrected chi connectivity index (χ1v) is 6.01. The number of benzene rings is 1. The Labute approximate surface area is 104 Å². The third-order valence-electron chi connectivity index (χ3n) is 2.09. The van der Waals surface area contributed by atoms with Crippen molar-refractivity contribution >= 4 is 22.7 Å². The average molecular weight is 247 g/mol. The van der Waals surface area contributed by atoms with Gasteiger partial charge in [-0.1, -0.05) is 12.1 Å². The molecule has 0 atom stereocenters. The summed E-state index contributed by atoms with van der Waals surface area (Å²) in [5.74, 6) is 0.819. The van der Waals surface area contributed by atoms with Crippen molar-refractivity contribution < 1.29 is 4.74 Å². The Morgan fingerprint density at radius 3 is 3.06 bits per heavy atom. The number of rotatable bonds is 4. The van der Waals surface area contributed by atoms with E-state index in [0.717, 1.165) is 22.1 Å². The topological polar surface area (TPSA) is 46.5 Å². The molecule has 1 heterocycles. The van der Waals surface area contributed by atoms with E-state index in [9.17, 15) is 0 Å². The van der Waals surface area contributed by atoms with Crippen molar-refractivity contribution in [1.29, 1.82) is 0 Å². The largest absolute Gasteiger partial charge is 0.497 e. The molecular weight excluding hydrogens is 234 g/mol. The zero-order valence-electron chi connectivity index (χ0n) is 9.68. The number of nitrogens with zero attached hydrogens (tertiary/aromatic N) is 2. The van der Waals surface area contributed by atoms with Crippen LogP contribution in [0.3, 0.4) is 0 Å². The Hall–Kier alpha value is -1.88. The Bertz CT molecular complexity index is 522. The number of aromatic nitrogens is 1. The van der Waals surface area contributed by atoms with E-state index in [4.69, 9.17) is 4.74 Å². The molecule has 0 radical (unpaired) electrons. The fraction of sp³-hybridized carbons (Fsp3) is 0.167. The van der Waals surface area contributed by atoms with Gasteiger partial charge in [0, 0.05) is 5.38 Å². The molecule has 0 aliphatic heterocycles. The third kappa shape index (κ3) is 3.29. The smallest absolute Gasteiger partial charge is 0.203 e. The average Bonchev–Trinajstić information content (AvgIpc) is 2.75. The summed E-state index contributed by atoms with van der Waals surface area (Å²) in [6, 6.07) is 7.70. The Kier molecular flexibility index (Phi) is 3.72. The number of aryl methyl sites for hydroxylation is 1. The molecule has 1 aromatic heterocycles. The normalized spacial score (nSPS) is 10.7. The molecule has 17 heavy (non-hydrogen) atoms. The Balaban J connectivity index is 2.00. The van der Waals surface area contributed by atoms with E-state index in [0.29, 0.717) is 0 Å². The predicted molar refractivity (Wildman–Crippen MR) is 71.1 cm³/mol. The van der Waals surface area contributed by atoms with Gasteiger partial charge < -0.3 is 4.74 Å². The lowest BCUT2D eigenvalue weighted by Crippen LogP contribution is -1.91. The van der Waals surface area contributed by atoms with Crippen LogP contribution in [0.5, 0.6) is 5.75 Å². The van der Waals surface area contributed by atoms with E-state index < -0.39 is 0 Å². The number of hydrazone groups is 1. The first-order valence-electron chi connectivity index (χ1n) is 5.13. The van der Waals surface area contributed by atoms with Gasteiger partial charge in [-0.15, -0.1) is 11.3 Å². The van der Waals surface area contributed by atoms with Gasteiger partial charge in [0.05, 0.1) is 19.0 Å². The summed E-state index contributed by atoms with van der Waals surface area (Å²) < 4.78 is 5.13. The van der Waals surface area contributed by atoms with Crippen LogP contribution in [0, 0.1) is 6.92 Å². The molecule has 4 nitrogen and oxygen atoms in total. The quantitative estimate of drug-likeness (QED) is 0.667. The minimum Gasteiger partial charge on any atom is -0.497 e. The molecule has 2 rings (SSSR count). The summed E-state index contributed by atoms with van der Waals surface area (Å²) in [6.45, 7) is 1.95. The van der Waals surface area contributed by atoms with E-state index in [1.165, 1.54) is 11.3 Å². The van der Waals surface area contributed by atoms with Crippen LogP contribution in [-0.4, -0.2) is 18.3 Å². The number of methoxy groups -OCH3 is 1. The Morgan fingerprint density at radius 2 is 2.35 bits per heavy atom. The summed E-state index contributed by atoms with van der Waals surface area (Å²) in [5.41, 5.74) is 4.86. The Morgan fingerprint density at radius 1 is 1.47 bits per heavy atom. The van der Waals surface area contributed by atoms with E-state index in [2.05, 4.69) is 15.5 Å². The monoisotopic (exact) mass is 247 g/mol. The van der Waals surface area contributed by atoms with Crippen LogP contribution in [0.15, 0.2) is 34.7 Å². The maximum absolute atomic E-state index is 5.13. The predicted octanol–water partition coefficient (Wildman–Crippen LogP) is 2.91. The van der Waals surface area contributed by atoms with Crippen LogP contribution < -0.4 is 10.2 Å². The fourth-order valence-corrected chi connectivity index (χ4v) is 1.93. The lowest BCUT2D eigenvalue weighted by Gasteiger charge is -1.99. The van der Waals surface area contributed by atoms with Crippen LogP contribution in [0.4, 0.5) is 5.13 Å². The standard InChI is InChI=1S/C12H13N3OS/c1-9-8-17-12(14-9)15-13-7-10-4-3-5-11(6-10)16-2/h3-8H,1-2H3,(H,14,15). The van der Waals surface area contributed by atoms with Crippen molar-refractivity contribution in [3.63, 3.8) is 0 Å². The van der Waals surface area contributed by atoms with Gasteiger partial charge in [0.25, 0.3) is 0 Å². The molecule has 0 aliphatic rings. The first kappa shape index (κ1) is 11.6. The fourth-order valence-electron chi connectivity index (χ4n) is 1.29. The lowest BCUT2D eigenvalue weighted by molar-refractivity contribution is 0.415. The van der Waals surface area contributed by atoms with E-state index in [-0.39, 0.29) is 0 Å². The van der Waals surface area contributed by atoms with E-state index >= 15 is 0 Å². The molecule has 0 saturated carbocycles. The van der Waals surface area contributed by atoms with Crippen molar-refractivity contribution in [2.45, 2.75) is 6.92 Å². The second kappa shape index (κ2) is 5.45. The molecular formula is C12H13N3OS. The van der Waals surface area contributed by atoms with E-state index in [1.54, 1.807) is 13.3 Å². The summed E-state index contributed by atoms with van der Waals surface area (Å²) >= 11 is 1.53. The van der Waals surface area contributed by atoms with E-state index in [1.807, 2.05) is 36.6 Å². The maximum Gasteiger partial charge on any atom is 0.203 e. The summed E-state index contributed by atoms with van der Waals surface area (Å²) in [7, 11) is 1.65. The highest BCUT2D eigenvalue weighted by molar-refractivity contribution is 7.13. The molecule has 0 bridgehead atoms. The molecule has 0 fully saturated rings. The number of hydrogen-bond acceptors (Lipinski definition) is 5. The van der Waals surface area contributed by atoms with Crippen LogP contribution in [0.1, 0.15) is 11.3 Å². The molecule has 5 heteroatoms. The third-order valence-corrected chi connectivity index (χ3v) is 2.95. The van der Waals surface area contributed by atoms with Gasteiger partial charge in [0.2, 0.25) is 5.13 Å². The van der Waals surface area contributed by atoms with Crippen molar-refractivity contribution in [3.05, 3.63) is 40.9 Å². The number of hydrogen-bond donors (Lipinski definition) is 1. The number of ether oxygens (including phenoxy) is 1. The van der Waals surface area contributed by atoms with Gasteiger partial charge in [0.15, 0.2) is 0 Å². The minimum absolute atomic E-state index is 0.793. The van der Waals surface area contributed by atoms with Crippen LogP contribution in [-0.2, 0) is 0 Å². The first-order chi connectivity index (χ1) is 8.28. The molecule has 1 N–H and O–H groups in total. The highest BCUT2D eigenvalue weighted by Crippen LogP contribution is 2.14. The summed E-state index contributed by atoms with van der Waals surface area (Å²) in [6.07, 6.45) is 1.74. The zero-order valence-corrected chi connectivity index (χ0v) is 10.5. The molecule has 1 aromatic carbocycles. The van der Waals surface area contributed by atoms with Crippen LogP contribution in [0.25, 0.3) is 0 Å². The van der Waals surface area contributed by atoms with Gasteiger partial charge in [-0.3, -0.25) is 5.43 Å². The molecule has 0 amide bonds. The van der Waals surface area contributed by atoms with Crippen molar-refractivity contribution in [2.75, 3.05) is 12.5 Å². The summed E-state index contributed by atoms with van der Waals surface area (Å²) in [5, 5.41) is 6.89. The SMILES string of the molecule is COc1cccc(C=NNc2nc(C)cs2)c1. The molecule has 0 spiro atoms. The van der Waals surface area contributed by atoms with Gasteiger partial charge in [-0.05, 0) is 24.6 Å². The summed E-state index contributed by atoms with van der Waals surface area (Å²) in [4.78, 5) is 4.24. The molecule has 2 aromatic rings. The number of nitrogens with one attached hydrogen (secondary N) is 1. The molecule has 0 unspecified atom stereocenters. The van der Waals surface area contributed by atoms with Gasteiger partial charge in [-0.2, -0.15) is 5.10 Å². The highest BCUT2D eigenvalue weighted by Gasteiger charge is 1.95. The zero-order chi connectivity index (χ0) is 12.1. The van der Waals surface area contributed by atoms with Crippen molar-refractivity contribution in [1.82, 2.24) is 4.98 Å². The van der Waals surface area contributed by atoms with Gasteiger partial charge >= 0.3 is 0 Å². The van der Waals surface area contributed by atoms with Crippen molar-refractivity contribution in [2.24, 2.45) is 5.10 Å². The molecule has 0 aliphatic carbocycles. The van der Waals surface area contributed by atoms with Crippen LogP contribution in [0.2, 0.25) is 0 Å². The number of thiazole rings is 1. The second-order valence-electron chi connectivity index (χ2n) is 3.44. The van der Waals surface area contributed by atoms with Gasteiger partial charge in [-0.25, -0.2) is 4.98 Å². The highest BCUT2D eigenvalue weighted by atomic mass is 32.1.